The summed E-state index contributed by atoms with van der Waals surface area (Å²) in [4.78, 5) is 0. The summed E-state index contributed by atoms with van der Waals surface area (Å²) in [5, 5.41) is 12.1. The van der Waals surface area contributed by atoms with Gasteiger partial charge in [-0.05, 0) is 42.9 Å². The van der Waals surface area contributed by atoms with Crippen molar-refractivity contribution in [3.8, 4) is 0 Å². The smallest absolute Gasteiger partial charge is 0.0639 e. The van der Waals surface area contributed by atoms with Crippen molar-refractivity contribution in [2.75, 3.05) is 0 Å². The molecule has 0 spiro atoms. The fraction of sp³-hybridized carbons (Fsp3) is 0.667. The van der Waals surface area contributed by atoms with E-state index in [1.807, 2.05) is 12.1 Å². The Morgan fingerprint density at radius 3 is 2.33 bits per heavy atom. The standard InChI is InChI=1S/C18H24Cl2O/c19-15-8-7-14(12-16(15)20)18(9-4-10-18)17(21)11-13-5-2-1-3-6-13/h7-8,12-13,17,21H,1-6,9-11H2. The number of benzene rings is 1. The first-order valence-electron chi connectivity index (χ1n) is 8.25. The summed E-state index contributed by atoms with van der Waals surface area (Å²) in [7, 11) is 0. The Morgan fingerprint density at radius 1 is 1.05 bits per heavy atom. The van der Waals surface area contributed by atoms with Crippen LogP contribution < -0.4 is 0 Å². The van der Waals surface area contributed by atoms with Gasteiger partial charge in [0.25, 0.3) is 0 Å². The minimum absolute atomic E-state index is 0.0777. The average molecular weight is 327 g/mol. The van der Waals surface area contributed by atoms with E-state index in [-0.39, 0.29) is 11.5 Å². The van der Waals surface area contributed by atoms with Gasteiger partial charge in [-0.3, -0.25) is 0 Å². The highest BCUT2D eigenvalue weighted by molar-refractivity contribution is 6.42. The minimum Gasteiger partial charge on any atom is -0.392 e. The predicted molar refractivity (Wildman–Crippen MR) is 89.2 cm³/mol. The third-order valence-corrected chi connectivity index (χ3v) is 6.40. The fourth-order valence-corrected chi connectivity index (χ4v) is 4.44. The molecule has 3 rings (SSSR count). The van der Waals surface area contributed by atoms with Gasteiger partial charge in [0.1, 0.15) is 0 Å². The summed E-state index contributed by atoms with van der Waals surface area (Å²) in [6.45, 7) is 0. The third kappa shape index (κ3) is 3.11. The normalized spacial score (nSPS) is 23.6. The highest BCUT2D eigenvalue weighted by Gasteiger charge is 2.45. The van der Waals surface area contributed by atoms with E-state index >= 15 is 0 Å². The summed E-state index contributed by atoms with van der Waals surface area (Å²) in [6.07, 6.45) is 10.6. The molecule has 3 heteroatoms. The quantitative estimate of drug-likeness (QED) is 0.747. The Labute approximate surface area is 137 Å². The van der Waals surface area contributed by atoms with Gasteiger partial charge < -0.3 is 5.11 Å². The number of hydrogen-bond donors (Lipinski definition) is 1. The first kappa shape index (κ1) is 15.6. The van der Waals surface area contributed by atoms with Crippen LogP contribution in [0.25, 0.3) is 0 Å². The topological polar surface area (TPSA) is 20.2 Å². The molecule has 116 valence electrons. The molecule has 0 radical (unpaired) electrons. The van der Waals surface area contributed by atoms with Gasteiger partial charge in [-0.2, -0.15) is 0 Å². The van der Waals surface area contributed by atoms with Crippen molar-refractivity contribution in [3.05, 3.63) is 33.8 Å². The molecule has 0 bridgehead atoms. The molecule has 21 heavy (non-hydrogen) atoms. The molecule has 2 aliphatic rings. The van der Waals surface area contributed by atoms with Crippen molar-refractivity contribution in [1.82, 2.24) is 0 Å². The van der Waals surface area contributed by atoms with Crippen LogP contribution >= 0.6 is 23.2 Å². The average Bonchev–Trinajstić information content (AvgIpc) is 2.42. The molecule has 0 heterocycles. The van der Waals surface area contributed by atoms with Crippen LogP contribution in [-0.4, -0.2) is 11.2 Å². The van der Waals surface area contributed by atoms with Crippen molar-refractivity contribution >= 4 is 23.2 Å². The molecule has 0 saturated heterocycles. The van der Waals surface area contributed by atoms with Crippen LogP contribution in [0, 0.1) is 5.92 Å². The van der Waals surface area contributed by atoms with E-state index in [0.29, 0.717) is 16.0 Å². The van der Waals surface area contributed by atoms with Crippen molar-refractivity contribution in [1.29, 1.82) is 0 Å². The molecule has 1 aromatic carbocycles. The van der Waals surface area contributed by atoms with E-state index in [1.165, 1.54) is 44.1 Å². The van der Waals surface area contributed by atoms with Gasteiger partial charge in [-0.25, -0.2) is 0 Å². The van der Waals surface area contributed by atoms with Crippen LogP contribution in [0.1, 0.15) is 63.4 Å². The van der Waals surface area contributed by atoms with Crippen LogP contribution in [0.3, 0.4) is 0 Å². The van der Waals surface area contributed by atoms with Crippen LogP contribution in [0.5, 0.6) is 0 Å². The summed E-state index contributed by atoms with van der Waals surface area (Å²) in [6, 6.07) is 5.89. The molecular formula is C18H24Cl2O. The van der Waals surface area contributed by atoms with Crippen LogP contribution in [-0.2, 0) is 5.41 Å². The van der Waals surface area contributed by atoms with E-state index in [9.17, 15) is 5.11 Å². The molecule has 0 aliphatic heterocycles. The molecule has 2 fully saturated rings. The SMILES string of the molecule is OC(CC1CCCCC1)C1(c2ccc(Cl)c(Cl)c2)CCC1. The van der Waals surface area contributed by atoms with Crippen molar-refractivity contribution < 1.29 is 5.11 Å². The van der Waals surface area contributed by atoms with Crippen molar-refractivity contribution in [2.24, 2.45) is 5.92 Å². The number of rotatable bonds is 4. The first-order chi connectivity index (χ1) is 10.1. The van der Waals surface area contributed by atoms with Crippen molar-refractivity contribution in [2.45, 2.75) is 69.3 Å². The van der Waals surface area contributed by atoms with Gasteiger partial charge in [-0.1, -0.05) is 67.8 Å². The molecule has 2 saturated carbocycles. The summed E-state index contributed by atoms with van der Waals surface area (Å²) in [5.74, 6) is 0.703. The Kier molecular flexibility index (Phi) is 4.83. The first-order valence-corrected chi connectivity index (χ1v) is 9.01. The lowest BCUT2D eigenvalue weighted by molar-refractivity contribution is 0.00705. The minimum atomic E-state index is -0.244. The lowest BCUT2D eigenvalue weighted by Gasteiger charge is -2.47. The van der Waals surface area contributed by atoms with E-state index in [1.54, 1.807) is 0 Å². The molecule has 0 amide bonds. The third-order valence-electron chi connectivity index (χ3n) is 5.66. The molecular weight excluding hydrogens is 303 g/mol. The Hall–Kier alpha value is -0.240. The highest BCUT2D eigenvalue weighted by atomic mass is 35.5. The van der Waals surface area contributed by atoms with Crippen LogP contribution in [0.2, 0.25) is 10.0 Å². The molecule has 2 aliphatic carbocycles. The largest absolute Gasteiger partial charge is 0.392 e. The number of aliphatic hydroxyl groups is 1. The van der Waals surface area contributed by atoms with Gasteiger partial charge in [0, 0.05) is 5.41 Å². The lowest BCUT2D eigenvalue weighted by Crippen LogP contribution is -2.46. The lowest BCUT2D eigenvalue weighted by atomic mass is 9.59. The maximum Gasteiger partial charge on any atom is 0.0639 e. The maximum absolute atomic E-state index is 10.9. The summed E-state index contributed by atoms with van der Waals surface area (Å²) in [5.41, 5.74) is 1.09. The highest BCUT2D eigenvalue weighted by Crippen LogP contribution is 2.49. The molecule has 1 nitrogen and oxygen atoms in total. The van der Waals surface area contributed by atoms with Crippen molar-refractivity contribution in [3.63, 3.8) is 0 Å². The van der Waals surface area contributed by atoms with Gasteiger partial charge >= 0.3 is 0 Å². The molecule has 0 aromatic heterocycles. The van der Waals surface area contributed by atoms with E-state index < -0.39 is 0 Å². The zero-order valence-corrected chi connectivity index (χ0v) is 14.0. The Balaban J connectivity index is 1.76. The van der Waals surface area contributed by atoms with E-state index in [2.05, 4.69) is 6.07 Å². The number of hydrogen-bond acceptors (Lipinski definition) is 1. The number of aliphatic hydroxyl groups excluding tert-OH is 1. The summed E-state index contributed by atoms with van der Waals surface area (Å²) < 4.78 is 0. The van der Waals surface area contributed by atoms with Gasteiger partial charge in [0.15, 0.2) is 0 Å². The number of halogens is 2. The van der Waals surface area contributed by atoms with E-state index in [0.717, 1.165) is 19.3 Å². The molecule has 1 atom stereocenters. The summed E-state index contributed by atoms with van der Waals surface area (Å²) >= 11 is 12.2. The van der Waals surface area contributed by atoms with Gasteiger partial charge in [0.05, 0.1) is 16.1 Å². The van der Waals surface area contributed by atoms with Gasteiger partial charge in [-0.15, -0.1) is 0 Å². The second-order valence-corrected chi connectivity index (χ2v) is 7.71. The van der Waals surface area contributed by atoms with E-state index in [4.69, 9.17) is 23.2 Å². The second kappa shape index (κ2) is 6.48. The maximum atomic E-state index is 10.9. The van der Waals surface area contributed by atoms with Crippen LogP contribution in [0.4, 0.5) is 0 Å². The fourth-order valence-electron chi connectivity index (χ4n) is 4.14. The monoisotopic (exact) mass is 326 g/mol. The molecule has 1 N–H and O–H groups in total. The predicted octanol–water partition coefficient (Wildman–Crippen LogP) is 5.75. The Morgan fingerprint density at radius 2 is 1.76 bits per heavy atom. The van der Waals surface area contributed by atoms with Gasteiger partial charge in [0.2, 0.25) is 0 Å². The van der Waals surface area contributed by atoms with Crippen LogP contribution in [0.15, 0.2) is 18.2 Å². The second-order valence-electron chi connectivity index (χ2n) is 6.89. The zero-order chi connectivity index (χ0) is 14.9. The molecule has 1 aromatic rings. The molecule has 1 unspecified atom stereocenters. The Bertz CT molecular complexity index is 490. The zero-order valence-electron chi connectivity index (χ0n) is 12.5.